The first-order valence-corrected chi connectivity index (χ1v) is 7.74. The van der Waals surface area contributed by atoms with Crippen molar-refractivity contribution in [2.24, 2.45) is 0 Å². The summed E-state index contributed by atoms with van der Waals surface area (Å²) in [6.45, 7) is 0.918. The van der Waals surface area contributed by atoms with E-state index in [1.54, 1.807) is 0 Å². The highest BCUT2D eigenvalue weighted by Crippen LogP contribution is 2.22. The normalized spacial score (nSPS) is 10.6. The molecule has 2 N–H and O–H groups in total. The Balaban J connectivity index is 1.99. The number of hydrogen-bond donors (Lipinski definition) is 2. The second-order valence-corrected chi connectivity index (χ2v) is 5.94. The van der Waals surface area contributed by atoms with Gasteiger partial charge in [0.2, 0.25) is 0 Å². The zero-order valence-electron chi connectivity index (χ0n) is 11.1. The third-order valence-electron chi connectivity index (χ3n) is 3.05. The first-order valence-electron chi connectivity index (χ1n) is 6.56. The van der Waals surface area contributed by atoms with Gasteiger partial charge in [-0.2, -0.15) is 0 Å². The van der Waals surface area contributed by atoms with E-state index < -0.39 is 0 Å². The number of hydrogen-bond acceptors (Lipinski definition) is 2. The molecule has 0 fully saturated rings. The van der Waals surface area contributed by atoms with Crippen LogP contribution in [0.2, 0.25) is 5.02 Å². The topological polar surface area (TPSA) is 32.3 Å². The largest absolute Gasteiger partial charge is 0.396 e. The number of aliphatic hydroxyl groups excluding tert-OH is 1. The van der Waals surface area contributed by atoms with E-state index in [1.807, 2.05) is 30.3 Å². The lowest BCUT2D eigenvalue weighted by Gasteiger charge is -2.10. The summed E-state index contributed by atoms with van der Waals surface area (Å²) in [6.07, 6.45) is 1.69. The molecule has 0 aliphatic rings. The second kappa shape index (κ2) is 7.67. The summed E-state index contributed by atoms with van der Waals surface area (Å²) in [5.41, 5.74) is 3.36. The van der Waals surface area contributed by atoms with Crippen LogP contribution in [0, 0.1) is 0 Å². The molecule has 0 aliphatic carbocycles. The van der Waals surface area contributed by atoms with Crippen molar-refractivity contribution in [3.05, 3.63) is 63.1 Å². The number of halogens is 2. The summed E-state index contributed by atoms with van der Waals surface area (Å²) in [6, 6.07) is 14.1. The first kappa shape index (κ1) is 15.4. The van der Waals surface area contributed by atoms with Crippen LogP contribution in [0.3, 0.4) is 0 Å². The fraction of sp³-hybridized carbons (Fsp3) is 0.250. The van der Waals surface area contributed by atoms with Gasteiger partial charge in [-0.25, -0.2) is 0 Å². The van der Waals surface area contributed by atoms with Crippen LogP contribution >= 0.6 is 27.5 Å². The van der Waals surface area contributed by atoms with Gasteiger partial charge in [0, 0.05) is 28.3 Å². The molecule has 0 spiro atoms. The van der Waals surface area contributed by atoms with Gasteiger partial charge >= 0.3 is 0 Å². The molecule has 0 saturated heterocycles. The van der Waals surface area contributed by atoms with E-state index in [-0.39, 0.29) is 6.61 Å². The summed E-state index contributed by atoms with van der Waals surface area (Å²) < 4.78 is 0.984. The van der Waals surface area contributed by atoms with Crippen LogP contribution < -0.4 is 5.32 Å². The molecule has 2 aromatic carbocycles. The van der Waals surface area contributed by atoms with Crippen LogP contribution in [0.25, 0.3) is 0 Å². The molecule has 4 heteroatoms. The molecule has 0 saturated carbocycles. The third kappa shape index (κ3) is 4.51. The van der Waals surface area contributed by atoms with Crippen molar-refractivity contribution >= 4 is 33.2 Å². The molecular weight excluding hydrogens is 338 g/mol. The highest BCUT2D eigenvalue weighted by Gasteiger charge is 2.02. The molecule has 0 atom stereocenters. The maximum absolute atomic E-state index is 8.87. The van der Waals surface area contributed by atoms with Crippen LogP contribution in [0.15, 0.2) is 46.9 Å². The van der Waals surface area contributed by atoms with Gasteiger partial charge in [0.15, 0.2) is 0 Å². The van der Waals surface area contributed by atoms with Crippen LogP contribution in [-0.2, 0) is 13.0 Å². The van der Waals surface area contributed by atoms with Gasteiger partial charge in [-0.05, 0) is 48.2 Å². The molecule has 2 nitrogen and oxygen atoms in total. The number of rotatable bonds is 6. The Hall–Kier alpha value is -1.03. The van der Waals surface area contributed by atoms with Crippen molar-refractivity contribution in [1.82, 2.24) is 0 Å². The Morgan fingerprint density at radius 3 is 2.75 bits per heavy atom. The second-order valence-electron chi connectivity index (χ2n) is 4.62. The SMILES string of the molecule is OCCCc1cccc(NCc2ccc(Br)cc2Cl)c1. The third-order valence-corrected chi connectivity index (χ3v) is 3.89. The Morgan fingerprint density at radius 1 is 1.15 bits per heavy atom. The molecule has 0 radical (unpaired) electrons. The number of anilines is 1. The van der Waals surface area contributed by atoms with Crippen LogP contribution in [0.5, 0.6) is 0 Å². The Morgan fingerprint density at radius 2 is 2.00 bits per heavy atom. The molecule has 0 aromatic heterocycles. The average Bonchev–Trinajstić information content (AvgIpc) is 2.45. The standard InChI is InChI=1S/C16H17BrClNO/c17-14-7-6-13(16(18)10-14)11-19-15-5-1-3-12(9-15)4-2-8-20/h1,3,5-7,9-10,19-20H,2,4,8,11H2. The van der Waals surface area contributed by atoms with Crippen molar-refractivity contribution in [3.63, 3.8) is 0 Å². The smallest absolute Gasteiger partial charge is 0.0467 e. The Labute approximate surface area is 132 Å². The van der Waals surface area contributed by atoms with Crippen molar-refractivity contribution in [2.75, 3.05) is 11.9 Å². The zero-order chi connectivity index (χ0) is 14.4. The molecule has 0 bridgehead atoms. The minimum Gasteiger partial charge on any atom is -0.396 e. The highest BCUT2D eigenvalue weighted by atomic mass is 79.9. The molecular formula is C16H17BrClNO. The average molecular weight is 355 g/mol. The molecule has 20 heavy (non-hydrogen) atoms. The lowest BCUT2D eigenvalue weighted by atomic mass is 10.1. The van der Waals surface area contributed by atoms with Crippen LogP contribution in [0.1, 0.15) is 17.5 Å². The number of aliphatic hydroxyl groups is 1. The van der Waals surface area contributed by atoms with Gasteiger partial charge in [-0.15, -0.1) is 0 Å². The minimum absolute atomic E-state index is 0.228. The molecule has 2 rings (SSSR count). The highest BCUT2D eigenvalue weighted by molar-refractivity contribution is 9.10. The van der Waals surface area contributed by atoms with E-state index in [0.717, 1.165) is 33.6 Å². The maximum atomic E-state index is 8.87. The van der Waals surface area contributed by atoms with Gasteiger partial charge < -0.3 is 10.4 Å². The fourth-order valence-electron chi connectivity index (χ4n) is 1.98. The molecule has 0 amide bonds. The maximum Gasteiger partial charge on any atom is 0.0467 e. The van der Waals surface area contributed by atoms with Crippen molar-refractivity contribution < 1.29 is 5.11 Å². The molecule has 0 aliphatic heterocycles. The summed E-state index contributed by atoms with van der Waals surface area (Å²) in [5, 5.41) is 13.0. The van der Waals surface area contributed by atoms with Crippen molar-refractivity contribution in [3.8, 4) is 0 Å². The summed E-state index contributed by atoms with van der Waals surface area (Å²) in [5.74, 6) is 0. The zero-order valence-corrected chi connectivity index (χ0v) is 13.4. The Bertz CT molecular complexity index is 574. The summed E-state index contributed by atoms with van der Waals surface area (Å²) in [7, 11) is 0. The quantitative estimate of drug-likeness (QED) is 0.792. The molecule has 2 aromatic rings. The van der Waals surface area contributed by atoms with Gasteiger partial charge in [0.25, 0.3) is 0 Å². The van der Waals surface area contributed by atoms with Crippen LogP contribution in [-0.4, -0.2) is 11.7 Å². The van der Waals surface area contributed by atoms with E-state index in [0.29, 0.717) is 6.54 Å². The lowest BCUT2D eigenvalue weighted by molar-refractivity contribution is 0.288. The molecule has 0 heterocycles. The van der Waals surface area contributed by atoms with Crippen LogP contribution in [0.4, 0.5) is 5.69 Å². The summed E-state index contributed by atoms with van der Waals surface area (Å²) >= 11 is 9.60. The van der Waals surface area contributed by atoms with E-state index in [9.17, 15) is 0 Å². The van der Waals surface area contributed by atoms with Gasteiger partial charge in [0.1, 0.15) is 0 Å². The van der Waals surface area contributed by atoms with E-state index in [1.165, 1.54) is 5.56 Å². The van der Waals surface area contributed by atoms with Gasteiger partial charge in [-0.3, -0.25) is 0 Å². The van der Waals surface area contributed by atoms with Crippen molar-refractivity contribution in [1.29, 1.82) is 0 Å². The molecule has 106 valence electrons. The number of aryl methyl sites for hydroxylation is 1. The predicted molar refractivity (Wildman–Crippen MR) is 88.3 cm³/mol. The Kier molecular flexibility index (Phi) is 5.89. The van der Waals surface area contributed by atoms with Gasteiger partial charge in [-0.1, -0.05) is 45.7 Å². The summed E-state index contributed by atoms with van der Waals surface area (Å²) in [4.78, 5) is 0. The number of nitrogens with one attached hydrogen (secondary N) is 1. The molecule has 0 unspecified atom stereocenters. The predicted octanol–water partition coefficient (Wildman–Crippen LogP) is 4.64. The van der Waals surface area contributed by atoms with E-state index in [4.69, 9.17) is 16.7 Å². The van der Waals surface area contributed by atoms with Crippen molar-refractivity contribution in [2.45, 2.75) is 19.4 Å². The number of benzene rings is 2. The fourth-order valence-corrected chi connectivity index (χ4v) is 2.72. The first-order chi connectivity index (χ1) is 9.69. The van der Waals surface area contributed by atoms with E-state index in [2.05, 4.69) is 33.4 Å². The monoisotopic (exact) mass is 353 g/mol. The van der Waals surface area contributed by atoms with Gasteiger partial charge in [0.05, 0.1) is 0 Å². The lowest BCUT2D eigenvalue weighted by Crippen LogP contribution is -2.00. The minimum atomic E-state index is 0.228. The van der Waals surface area contributed by atoms with E-state index >= 15 is 0 Å².